The molecule has 0 unspecified atom stereocenters. The van der Waals surface area contributed by atoms with E-state index in [4.69, 9.17) is 16.3 Å². The van der Waals surface area contributed by atoms with Gasteiger partial charge in [-0.3, -0.25) is 4.98 Å². The zero-order valence-electron chi connectivity index (χ0n) is 9.35. The predicted molar refractivity (Wildman–Crippen MR) is 67.4 cm³/mol. The molecule has 0 spiro atoms. The molecule has 0 bridgehead atoms. The third-order valence-electron chi connectivity index (χ3n) is 2.31. The molecule has 2 aromatic rings. The number of rotatable bonds is 4. The number of aromatic nitrogens is 2. The minimum atomic E-state index is 0.543. The maximum Gasteiger partial charge on any atom is 0.144 e. The Hall–Kier alpha value is -1.81. The van der Waals surface area contributed by atoms with Crippen LogP contribution >= 0.6 is 11.6 Å². The lowest BCUT2D eigenvalue weighted by atomic mass is 10.2. The summed E-state index contributed by atoms with van der Waals surface area (Å²) < 4.78 is 5.25. The smallest absolute Gasteiger partial charge is 0.144 e. The van der Waals surface area contributed by atoms with Gasteiger partial charge in [-0.25, -0.2) is 4.98 Å². The van der Waals surface area contributed by atoms with Crippen LogP contribution in [0.25, 0.3) is 0 Å². The third-order valence-corrected chi connectivity index (χ3v) is 2.66. The van der Waals surface area contributed by atoms with Crippen LogP contribution in [0.4, 0.5) is 5.82 Å². The second kappa shape index (κ2) is 5.50. The lowest BCUT2D eigenvalue weighted by Crippen LogP contribution is -2.03. The number of hydrogen-bond donors (Lipinski definition) is 1. The number of hydrogen-bond acceptors (Lipinski definition) is 4. The molecule has 1 heterocycles. The van der Waals surface area contributed by atoms with E-state index in [2.05, 4.69) is 15.3 Å². The molecule has 1 N–H and O–H groups in total. The van der Waals surface area contributed by atoms with Crippen molar-refractivity contribution in [2.75, 3.05) is 12.4 Å². The maximum absolute atomic E-state index is 6.12. The average molecular weight is 250 g/mol. The lowest BCUT2D eigenvalue weighted by molar-refractivity contribution is 0.410. The van der Waals surface area contributed by atoms with E-state index >= 15 is 0 Å². The van der Waals surface area contributed by atoms with Gasteiger partial charge in [-0.15, -0.1) is 0 Å². The van der Waals surface area contributed by atoms with Crippen LogP contribution in [0.3, 0.4) is 0 Å². The van der Waals surface area contributed by atoms with Gasteiger partial charge in [0, 0.05) is 29.5 Å². The molecule has 88 valence electrons. The van der Waals surface area contributed by atoms with E-state index in [9.17, 15) is 0 Å². The Balaban J connectivity index is 2.14. The fraction of sp³-hybridized carbons (Fsp3) is 0.167. The molecule has 0 aliphatic rings. The Bertz CT molecular complexity index is 490. The molecule has 0 fully saturated rings. The zero-order chi connectivity index (χ0) is 12.1. The first-order chi connectivity index (χ1) is 8.31. The topological polar surface area (TPSA) is 47.0 Å². The van der Waals surface area contributed by atoms with Gasteiger partial charge in [-0.2, -0.15) is 0 Å². The van der Waals surface area contributed by atoms with E-state index < -0.39 is 0 Å². The van der Waals surface area contributed by atoms with Crippen LogP contribution in [-0.4, -0.2) is 17.1 Å². The largest absolute Gasteiger partial charge is 0.496 e. The quantitative estimate of drug-likeness (QED) is 0.905. The van der Waals surface area contributed by atoms with Crippen molar-refractivity contribution in [1.82, 2.24) is 9.97 Å². The molecule has 0 saturated carbocycles. The molecule has 1 aromatic heterocycles. The summed E-state index contributed by atoms with van der Waals surface area (Å²) in [6.45, 7) is 0.543. The van der Waals surface area contributed by atoms with Crippen LogP contribution in [0.5, 0.6) is 5.75 Å². The molecule has 5 heteroatoms. The fourth-order valence-corrected chi connectivity index (χ4v) is 1.70. The summed E-state index contributed by atoms with van der Waals surface area (Å²) in [4.78, 5) is 8.09. The van der Waals surface area contributed by atoms with Crippen LogP contribution in [0.1, 0.15) is 5.56 Å². The van der Waals surface area contributed by atoms with Crippen molar-refractivity contribution in [2.24, 2.45) is 0 Å². The summed E-state index contributed by atoms with van der Waals surface area (Å²) in [5, 5.41) is 3.81. The van der Waals surface area contributed by atoms with E-state index in [-0.39, 0.29) is 0 Å². The van der Waals surface area contributed by atoms with Gasteiger partial charge < -0.3 is 10.1 Å². The maximum atomic E-state index is 6.12. The van der Waals surface area contributed by atoms with Crippen molar-refractivity contribution in [3.8, 4) is 5.75 Å². The fourth-order valence-electron chi connectivity index (χ4n) is 1.47. The molecule has 0 amide bonds. The molecule has 17 heavy (non-hydrogen) atoms. The van der Waals surface area contributed by atoms with E-state index in [0.717, 1.165) is 11.3 Å². The number of nitrogens with one attached hydrogen (secondary N) is 1. The molecule has 0 aliphatic carbocycles. The average Bonchev–Trinajstić information content (AvgIpc) is 2.38. The van der Waals surface area contributed by atoms with Crippen molar-refractivity contribution in [3.05, 3.63) is 47.4 Å². The van der Waals surface area contributed by atoms with Gasteiger partial charge in [-0.05, 0) is 12.1 Å². The molecule has 1 aromatic carbocycles. The molecule has 0 saturated heterocycles. The van der Waals surface area contributed by atoms with E-state index in [1.165, 1.54) is 0 Å². The van der Waals surface area contributed by atoms with Gasteiger partial charge in [0.15, 0.2) is 0 Å². The van der Waals surface area contributed by atoms with E-state index in [1.807, 2.05) is 18.2 Å². The van der Waals surface area contributed by atoms with E-state index in [0.29, 0.717) is 17.4 Å². The number of anilines is 1. The SMILES string of the molecule is COc1cccc(Cl)c1CNc1cnccn1. The highest BCUT2D eigenvalue weighted by Gasteiger charge is 2.07. The Morgan fingerprint density at radius 3 is 2.94 bits per heavy atom. The first kappa shape index (κ1) is 11.7. The van der Waals surface area contributed by atoms with Crippen LogP contribution < -0.4 is 10.1 Å². The summed E-state index contributed by atoms with van der Waals surface area (Å²) >= 11 is 6.12. The highest BCUT2D eigenvalue weighted by Crippen LogP contribution is 2.26. The summed E-state index contributed by atoms with van der Waals surface area (Å²) in [6.07, 6.45) is 4.91. The normalized spacial score (nSPS) is 10.0. The first-order valence-electron chi connectivity index (χ1n) is 5.12. The number of nitrogens with zero attached hydrogens (tertiary/aromatic N) is 2. The summed E-state index contributed by atoms with van der Waals surface area (Å²) in [7, 11) is 1.62. The summed E-state index contributed by atoms with van der Waals surface area (Å²) in [5.41, 5.74) is 0.905. The lowest BCUT2D eigenvalue weighted by Gasteiger charge is -2.11. The highest BCUT2D eigenvalue weighted by molar-refractivity contribution is 6.31. The molecule has 2 rings (SSSR count). The second-order valence-electron chi connectivity index (χ2n) is 3.36. The number of halogens is 1. The molecule has 0 radical (unpaired) electrons. The number of ether oxygens (including phenoxy) is 1. The summed E-state index contributed by atoms with van der Waals surface area (Å²) in [5.74, 6) is 1.46. The van der Waals surface area contributed by atoms with Gasteiger partial charge >= 0.3 is 0 Å². The Morgan fingerprint density at radius 2 is 2.24 bits per heavy atom. The van der Waals surface area contributed by atoms with Gasteiger partial charge in [0.2, 0.25) is 0 Å². The van der Waals surface area contributed by atoms with Crippen molar-refractivity contribution < 1.29 is 4.74 Å². The van der Waals surface area contributed by atoms with E-state index in [1.54, 1.807) is 25.7 Å². The standard InChI is InChI=1S/C12H12ClN3O/c1-17-11-4-2-3-10(13)9(11)7-16-12-8-14-5-6-15-12/h2-6,8H,7H2,1H3,(H,15,16). The monoisotopic (exact) mass is 249 g/mol. The van der Waals surface area contributed by atoms with Gasteiger partial charge in [-0.1, -0.05) is 17.7 Å². The van der Waals surface area contributed by atoms with Crippen LogP contribution in [-0.2, 0) is 6.54 Å². The molecule has 0 atom stereocenters. The Morgan fingerprint density at radius 1 is 1.35 bits per heavy atom. The van der Waals surface area contributed by atoms with Crippen LogP contribution in [0.2, 0.25) is 5.02 Å². The second-order valence-corrected chi connectivity index (χ2v) is 3.77. The van der Waals surface area contributed by atoms with Gasteiger partial charge in [0.05, 0.1) is 13.3 Å². The predicted octanol–water partition coefficient (Wildman–Crippen LogP) is 2.75. The van der Waals surface area contributed by atoms with Crippen LogP contribution in [0.15, 0.2) is 36.8 Å². The zero-order valence-corrected chi connectivity index (χ0v) is 10.1. The van der Waals surface area contributed by atoms with Crippen molar-refractivity contribution >= 4 is 17.4 Å². The molecule has 0 aliphatic heterocycles. The molecular weight excluding hydrogens is 238 g/mol. The van der Waals surface area contributed by atoms with Gasteiger partial charge in [0.25, 0.3) is 0 Å². The third kappa shape index (κ3) is 2.85. The Kier molecular flexibility index (Phi) is 3.77. The minimum absolute atomic E-state index is 0.543. The molecule has 4 nitrogen and oxygen atoms in total. The minimum Gasteiger partial charge on any atom is -0.496 e. The Labute approximate surface area is 105 Å². The first-order valence-corrected chi connectivity index (χ1v) is 5.50. The van der Waals surface area contributed by atoms with Gasteiger partial charge in [0.1, 0.15) is 11.6 Å². The highest BCUT2D eigenvalue weighted by atomic mass is 35.5. The van der Waals surface area contributed by atoms with Crippen LogP contribution in [0, 0.1) is 0 Å². The van der Waals surface area contributed by atoms with Crippen molar-refractivity contribution in [3.63, 3.8) is 0 Å². The number of benzene rings is 1. The molecular formula is C12H12ClN3O. The van der Waals surface area contributed by atoms with Crippen molar-refractivity contribution in [2.45, 2.75) is 6.54 Å². The number of methoxy groups -OCH3 is 1. The summed E-state index contributed by atoms with van der Waals surface area (Å²) in [6, 6.07) is 5.56. The van der Waals surface area contributed by atoms with Crippen molar-refractivity contribution in [1.29, 1.82) is 0 Å².